The second-order valence-electron chi connectivity index (χ2n) is 13.3. The molecule has 0 aliphatic carbocycles. The topological polar surface area (TPSA) is 113 Å². The predicted octanol–water partition coefficient (Wildman–Crippen LogP) is 4.27. The van der Waals surface area contributed by atoms with Gasteiger partial charge in [0.15, 0.2) is 0 Å². The van der Waals surface area contributed by atoms with E-state index in [1.165, 1.54) is 12.0 Å². The Bertz CT molecular complexity index is 1620. The number of carbonyl (C=O) groups excluding carboxylic acids is 3. The van der Waals surface area contributed by atoms with Crippen molar-refractivity contribution in [1.29, 1.82) is 0 Å². The van der Waals surface area contributed by atoms with Gasteiger partial charge in [-0.25, -0.2) is 4.98 Å². The van der Waals surface area contributed by atoms with E-state index < -0.39 is 11.9 Å². The maximum absolute atomic E-state index is 13.0. The number of pyridine rings is 1. The molecule has 0 spiro atoms. The number of amides is 3. The third-order valence-electron chi connectivity index (χ3n) is 9.75. The first-order chi connectivity index (χ1) is 21.8. The van der Waals surface area contributed by atoms with Crippen molar-refractivity contribution in [1.82, 2.24) is 20.1 Å². The van der Waals surface area contributed by atoms with Crippen molar-refractivity contribution in [2.45, 2.75) is 70.7 Å². The Morgan fingerprint density at radius 1 is 1.11 bits per heavy atom. The SMILES string of the molecule is C[C@@]1(CCCNc2ccc3cc(CN4CC[C@H](Oc5ccc6c(c5)CN(C5CCC(=O)NC5=O)C6=O)C4)ccc3n2)CCOC1. The van der Waals surface area contributed by atoms with Gasteiger partial charge in [-0.05, 0) is 91.1 Å². The highest BCUT2D eigenvalue weighted by Gasteiger charge is 2.39. The molecule has 10 heteroatoms. The number of rotatable bonds is 10. The molecule has 3 aromatic rings. The number of piperidine rings is 1. The van der Waals surface area contributed by atoms with E-state index in [0.29, 0.717) is 23.9 Å². The Labute approximate surface area is 263 Å². The summed E-state index contributed by atoms with van der Waals surface area (Å²) in [7, 11) is 0. The van der Waals surface area contributed by atoms with Crippen LogP contribution in [0.3, 0.4) is 0 Å². The first-order valence-corrected chi connectivity index (χ1v) is 16.2. The fraction of sp³-hybridized carbons (Fsp3) is 0.486. The van der Waals surface area contributed by atoms with E-state index in [0.717, 1.165) is 86.7 Å². The van der Waals surface area contributed by atoms with Crippen LogP contribution in [0.15, 0.2) is 48.5 Å². The van der Waals surface area contributed by atoms with Gasteiger partial charge in [-0.3, -0.25) is 24.6 Å². The van der Waals surface area contributed by atoms with E-state index in [-0.39, 0.29) is 24.3 Å². The lowest BCUT2D eigenvalue weighted by Crippen LogP contribution is -2.52. The fourth-order valence-corrected chi connectivity index (χ4v) is 7.12. The molecular weight excluding hydrogens is 570 g/mol. The van der Waals surface area contributed by atoms with Crippen LogP contribution < -0.4 is 15.4 Å². The molecule has 0 saturated carbocycles. The molecule has 0 radical (unpaired) electrons. The quantitative estimate of drug-likeness (QED) is 0.258. The minimum Gasteiger partial charge on any atom is -0.489 e. The molecule has 1 aromatic heterocycles. The van der Waals surface area contributed by atoms with Crippen LogP contribution in [0.4, 0.5) is 5.82 Å². The van der Waals surface area contributed by atoms with Crippen LogP contribution in [0.25, 0.3) is 10.9 Å². The molecule has 4 aliphatic rings. The summed E-state index contributed by atoms with van der Waals surface area (Å²) in [5.41, 5.74) is 4.02. The summed E-state index contributed by atoms with van der Waals surface area (Å²) in [4.78, 5) is 45.7. The van der Waals surface area contributed by atoms with Crippen LogP contribution in [-0.2, 0) is 27.4 Å². The van der Waals surface area contributed by atoms with Gasteiger partial charge in [0.2, 0.25) is 11.8 Å². The number of carbonyl (C=O) groups is 3. The molecule has 3 amide bonds. The van der Waals surface area contributed by atoms with Crippen LogP contribution in [0.2, 0.25) is 0 Å². The van der Waals surface area contributed by atoms with Gasteiger partial charge in [-0.15, -0.1) is 0 Å². The van der Waals surface area contributed by atoms with Crippen LogP contribution >= 0.6 is 0 Å². The Morgan fingerprint density at radius 3 is 2.87 bits per heavy atom. The number of anilines is 1. The number of hydrogen-bond donors (Lipinski definition) is 2. The molecule has 3 saturated heterocycles. The van der Waals surface area contributed by atoms with Gasteiger partial charge < -0.3 is 19.7 Å². The van der Waals surface area contributed by atoms with Gasteiger partial charge in [0.25, 0.3) is 5.91 Å². The molecule has 5 heterocycles. The van der Waals surface area contributed by atoms with Gasteiger partial charge in [0.1, 0.15) is 23.7 Å². The lowest BCUT2D eigenvalue weighted by atomic mass is 9.85. The van der Waals surface area contributed by atoms with E-state index in [9.17, 15) is 14.4 Å². The average molecular weight is 612 g/mol. The average Bonchev–Trinajstić information content (AvgIpc) is 3.74. The van der Waals surface area contributed by atoms with E-state index in [1.807, 2.05) is 12.1 Å². The van der Waals surface area contributed by atoms with E-state index in [2.05, 4.69) is 52.8 Å². The molecule has 4 aliphatic heterocycles. The highest BCUT2D eigenvalue weighted by molar-refractivity contribution is 6.05. The number of ether oxygens (including phenoxy) is 2. The first kappa shape index (κ1) is 29.7. The summed E-state index contributed by atoms with van der Waals surface area (Å²) in [5, 5.41) is 6.98. The summed E-state index contributed by atoms with van der Waals surface area (Å²) in [6.45, 7) is 7.95. The van der Waals surface area contributed by atoms with Crippen molar-refractivity contribution in [3.8, 4) is 5.75 Å². The fourth-order valence-electron chi connectivity index (χ4n) is 7.12. The third kappa shape index (κ3) is 6.53. The van der Waals surface area contributed by atoms with E-state index in [1.54, 1.807) is 11.0 Å². The monoisotopic (exact) mass is 611 g/mol. The van der Waals surface area contributed by atoms with Crippen molar-refractivity contribution in [2.24, 2.45) is 5.41 Å². The van der Waals surface area contributed by atoms with Crippen LogP contribution in [0.1, 0.15) is 66.9 Å². The molecule has 236 valence electrons. The number of likely N-dealkylation sites (tertiary alicyclic amines) is 1. The van der Waals surface area contributed by atoms with E-state index in [4.69, 9.17) is 14.5 Å². The molecule has 45 heavy (non-hydrogen) atoms. The molecular formula is C35H41N5O5. The molecule has 3 fully saturated rings. The number of hydrogen-bond acceptors (Lipinski definition) is 8. The number of imide groups is 1. The molecule has 10 nitrogen and oxygen atoms in total. The lowest BCUT2D eigenvalue weighted by Gasteiger charge is -2.29. The number of nitrogens with one attached hydrogen (secondary N) is 2. The van der Waals surface area contributed by atoms with Crippen molar-refractivity contribution in [3.05, 3.63) is 65.2 Å². The molecule has 7 rings (SSSR count). The Balaban J connectivity index is 0.902. The zero-order valence-corrected chi connectivity index (χ0v) is 25.8. The first-order valence-electron chi connectivity index (χ1n) is 16.2. The number of nitrogens with zero attached hydrogens (tertiary/aromatic N) is 3. The standard InChI is InChI=1S/C35H41N5O5/c1-35(13-16-44-22-35)12-2-14-36-31-9-4-24-17-23(3-7-29(24)37-31)19-39-15-11-27(21-39)45-26-5-6-28-25(18-26)20-40(34(28)43)30-8-10-32(41)38-33(30)42/h3-7,9,17-18,27,30H,2,8,10-16,19-22H2,1H3,(H,36,37)(H,38,41,42)/t27-,30?,35+/m0/s1. The Kier molecular flexibility index (Phi) is 8.18. The molecule has 2 aromatic carbocycles. The predicted molar refractivity (Wildman–Crippen MR) is 170 cm³/mol. The minimum absolute atomic E-state index is 0.0610. The largest absolute Gasteiger partial charge is 0.489 e. The van der Waals surface area contributed by atoms with Crippen molar-refractivity contribution in [2.75, 3.05) is 38.2 Å². The van der Waals surface area contributed by atoms with E-state index >= 15 is 0 Å². The Morgan fingerprint density at radius 2 is 2.02 bits per heavy atom. The van der Waals surface area contributed by atoms with Crippen molar-refractivity contribution in [3.63, 3.8) is 0 Å². The molecule has 1 unspecified atom stereocenters. The third-order valence-corrected chi connectivity index (χ3v) is 9.75. The van der Waals surface area contributed by atoms with Gasteiger partial charge in [-0.2, -0.15) is 0 Å². The maximum atomic E-state index is 13.0. The number of aromatic nitrogens is 1. The molecule has 0 bridgehead atoms. The summed E-state index contributed by atoms with van der Waals surface area (Å²) >= 11 is 0. The summed E-state index contributed by atoms with van der Waals surface area (Å²) in [6.07, 6.45) is 5.01. The van der Waals surface area contributed by atoms with Gasteiger partial charge in [0, 0.05) is 56.7 Å². The number of fused-ring (bicyclic) bond motifs is 2. The Hall–Kier alpha value is -4.02. The molecule has 2 N–H and O–H groups in total. The van der Waals surface area contributed by atoms with Crippen molar-refractivity contribution < 1.29 is 23.9 Å². The van der Waals surface area contributed by atoms with Gasteiger partial charge in [0.05, 0.1) is 12.1 Å². The van der Waals surface area contributed by atoms with Crippen LogP contribution in [0.5, 0.6) is 5.75 Å². The van der Waals surface area contributed by atoms with Crippen LogP contribution in [-0.4, -0.2) is 77.5 Å². The number of benzene rings is 2. The van der Waals surface area contributed by atoms with Gasteiger partial charge >= 0.3 is 0 Å². The molecule has 3 atom stereocenters. The summed E-state index contributed by atoms with van der Waals surface area (Å²) < 4.78 is 11.9. The maximum Gasteiger partial charge on any atom is 0.255 e. The normalized spacial score (nSPS) is 25.2. The minimum atomic E-state index is -0.615. The zero-order valence-electron chi connectivity index (χ0n) is 25.8. The smallest absolute Gasteiger partial charge is 0.255 e. The highest BCUT2D eigenvalue weighted by atomic mass is 16.5. The van der Waals surface area contributed by atoms with Crippen molar-refractivity contribution >= 4 is 34.4 Å². The zero-order chi connectivity index (χ0) is 31.0. The second-order valence-corrected chi connectivity index (χ2v) is 13.3. The second kappa shape index (κ2) is 12.4. The van der Waals surface area contributed by atoms with Gasteiger partial charge in [-0.1, -0.05) is 13.0 Å². The lowest BCUT2D eigenvalue weighted by molar-refractivity contribution is -0.136. The summed E-state index contributed by atoms with van der Waals surface area (Å²) in [5.74, 6) is 0.803. The summed E-state index contributed by atoms with van der Waals surface area (Å²) in [6, 6.07) is 15.7. The van der Waals surface area contributed by atoms with Crippen LogP contribution in [0, 0.1) is 5.41 Å². The highest BCUT2D eigenvalue weighted by Crippen LogP contribution is 2.33.